The van der Waals surface area contributed by atoms with E-state index in [0.29, 0.717) is 36.5 Å². The van der Waals surface area contributed by atoms with Gasteiger partial charge >= 0.3 is 5.97 Å². The van der Waals surface area contributed by atoms with Crippen molar-refractivity contribution >= 4 is 22.6 Å². The number of benzene rings is 1. The molecule has 0 N–H and O–H groups in total. The first-order valence-electron chi connectivity index (χ1n) is 17.4. The van der Waals surface area contributed by atoms with Gasteiger partial charge in [-0.25, -0.2) is 4.79 Å². The molecular weight excluding hydrogens is 593 g/mol. The van der Waals surface area contributed by atoms with Crippen molar-refractivity contribution in [3.63, 3.8) is 0 Å². The van der Waals surface area contributed by atoms with E-state index in [1.807, 2.05) is 12.1 Å². The van der Waals surface area contributed by atoms with Crippen LogP contribution >= 0.6 is 0 Å². The maximum atomic E-state index is 11.7. The van der Waals surface area contributed by atoms with E-state index in [1.165, 1.54) is 31.9 Å². The number of carbonyl (C=O) groups is 1. The Morgan fingerprint density at radius 1 is 0.956 bits per heavy atom. The highest BCUT2D eigenvalue weighted by Gasteiger charge is 2.49. The molecule has 254 valence electrons. The first-order chi connectivity index (χ1) is 20.9. The van der Waals surface area contributed by atoms with Crippen LogP contribution in [0.4, 0.5) is 0 Å². The van der Waals surface area contributed by atoms with Gasteiger partial charge in [0.2, 0.25) is 0 Å². The lowest BCUT2D eigenvalue weighted by Crippen LogP contribution is -2.45. The number of methoxy groups -OCH3 is 1. The molecule has 0 aromatic heterocycles. The molecule has 1 saturated carbocycles. The number of fused-ring (bicyclic) bond motifs is 1. The molecule has 7 heteroatoms. The Kier molecular flexibility index (Phi) is 13.1. The summed E-state index contributed by atoms with van der Waals surface area (Å²) in [6, 6.07) is 7.48. The molecule has 0 unspecified atom stereocenters. The van der Waals surface area contributed by atoms with Crippen molar-refractivity contribution in [2.24, 2.45) is 17.8 Å². The highest BCUT2D eigenvalue weighted by atomic mass is 28.4. The maximum Gasteiger partial charge on any atom is 0.337 e. The molecular formula is C38H64O5Si2. The van der Waals surface area contributed by atoms with Crippen LogP contribution in [-0.4, -0.2) is 48.5 Å². The minimum atomic E-state index is -1.93. The average Bonchev–Trinajstić information content (AvgIpc) is 3.47. The van der Waals surface area contributed by atoms with Gasteiger partial charge in [0.15, 0.2) is 16.6 Å². The molecule has 0 aliphatic heterocycles. The molecule has 0 spiro atoms. The number of ether oxygens (including phenoxy) is 2. The van der Waals surface area contributed by atoms with Crippen molar-refractivity contribution in [1.29, 1.82) is 0 Å². The number of hydrogen-bond acceptors (Lipinski definition) is 5. The molecule has 45 heavy (non-hydrogen) atoms. The fraction of sp³-hybridized carbons (Fsp3) is 0.711. The second-order valence-electron chi connectivity index (χ2n) is 16.6. The molecule has 1 fully saturated rings. The predicted octanol–water partition coefficient (Wildman–Crippen LogP) is 10.5. The van der Waals surface area contributed by atoms with E-state index in [4.69, 9.17) is 18.3 Å². The van der Waals surface area contributed by atoms with Crippen molar-refractivity contribution in [2.75, 3.05) is 13.7 Å². The first kappa shape index (κ1) is 37.9. The standard InChI is InChI=1S/C38H64O5Si2/c1-13-14-15-16-32(42-44(9,10)37(2,3)4)21-22-33-34-24-29(23-31(34)25-35(33)43-45(11,12)38(5,6)7)27-41-26-28-17-19-30(20-18-28)36(39)40-8/h17-23,31-35H,13-16,24-27H2,1-12H3/b22-21+/t31-,32-,33+,34-,35+/m0/s1. The summed E-state index contributed by atoms with van der Waals surface area (Å²) in [4.78, 5) is 11.7. The molecule has 3 rings (SSSR count). The van der Waals surface area contributed by atoms with E-state index in [0.717, 1.165) is 24.8 Å². The third kappa shape index (κ3) is 10.2. The van der Waals surface area contributed by atoms with Crippen molar-refractivity contribution in [1.82, 2.24) is 0 Å². The number of hydrogen-bond donors (Lipinski definition) is 0. The van der Waals surface area contributed by atoms with Gasteiger partial charge in [0.05, 0.1) is 38.1 Å². The molecule has 1 aromatic carbocycles. The minimum absolute atomic E-state index is 0.160. The van der Waals surface area contributed by atoms with E-state index in [1.54, 1.807) is 12.1 Å². The van der Waals surface area contributed by atoms with Crippen LogP contribution in [-0.2, 0) is 24.9 Å². The average molecular weight is 657 g/mol. The van der Waals surface area contributed by atoms with Crippen molar-refractivity contribution in [3.05, 3.63) is 59.2 Å². The van der Waals surface area contributed by atoms with Crippen LogP contribution in [0.25, 0.3) is 0 Å². The van der Waals surface area contributed by atoms with Gasteiger partial charge in [0.25, 0.3) is 0 Å². The molecule has 1 aromatic rings. The molecule has 0 amide bonds. The zero-order chi connectivity index (χ0) is 33.6. The Morgan fingerprint density at radius 2 is 1.60 bits per heavy atom. The van der Waals surface area contributed by atoms with E-state index in [9.17, 15) is 4.79 Å². The zero-order valence-corrected chi connectivity index (χ0v) is 32.6. The first-order valence-corrected chi connectivity index (χ1v) is 23.2. The van der Waals surface area contributed by atoms with Crippen molar-refractivity contribution in [3.8, 4) is 0 Å². The summed E-state index contributed by atoms with van der Waals surface area (Å²) in [6.45, 7) is 27.0. The molecule has 0 radical (unpaired) electrons. The second-order valence-corrected chi connectivity index (χ2v) is 26.1. The molecule has 5 atom stereocenters. The van der Waals surface area contributed by atoms with Crippen LogP contribution in [0, 0.1) is 17.8 Å². The SMILES string of the molecule is CCCCC[C@@H](/C=C/[C@@H]1[C@H]2CC(COCc3ccc(C(=O)OC)cc3)=C[C@H]2C[C@H]1O[Si](C)(C)C(C)(C)C)O[Si](C)(C)C(C)(C)C. The van der Waals surface area contributed by atoms with Gasteiger partial charge < -0.3 is 18.3 Å². The lowest BCUT2D eigenvalue weighted by atomic mass is 9.89. The Balaban J connectivity index is 1.75. The van der Waals surface area contributed by atoms with Gasteiger partial charge in [-0.15, -0.1) is 0 Å². The van der Waals surface area contributed by atoms with Crippen LogP contribution in [0.2, 0.25) is 36.3 Å². The summed E-state index contributed by atoms with van der Waals surface area (Å²) < 4.78 is 25.2. The summed E-state index contributed by atoms with van der Waals surface area (Å²) in [6.07, 6.45) is 14.7. The number of esters is 1. The largest absolute Gasteiger partial charge is 0.465 e. The Hall–Kier alpha value is -1.52. The van der Waals surface area contributed by atoms with Crippen LogP contribution in [0.15, 0.2) is 48.1 Å². The van der Waals surface area contributed by atoms with E-state index >= 15 is 0 Å². The lowest BCUT2D eigenvalue weighted by Gasteiger charge is -2.40. The molecule has 0 bridgehead atoms. The van der Waals surface area contributed by atoms with E-state index in [-0.39, 0.29) is 28.3 Å². The summed E-state index contributed by atoms with van der Waals surface area (Å²) >= 11 is 0. The Labute approximate surface area is 277 Å². The van der Waals surface area contributed by atoms with Gasteiger partial charge in [-0.1, -0.05) is 98.1 Å². The summed E-state index contributed by atoms with van der Waals surface area (Å²) in [5.41, 5.74) is 3.02. The topological polar surface area (TPSA) is 54.0 Å². The van der Waals surface area contributed by atoms with Gasteiger partial charge in [-0.2, -0.15) is 0 Å². The van der Waals surface area contributed by atoms with Crippen molar-refractivity contribution < 1.29 is 23.1 Å². The van der Waals surface area contributed by atoms with Gasteiger partial charge in [-0.05, 0) is 90.6 Å². The lowest BCUT2D eigenvalue weighted by molar-refractivity contribution is 0.0600. The molecule has 0 saturated heterocycles. The van der Waals surface area contributed by atoms with Crippen LogP contribution < -0.4 is 0 Å². The normalized spacial score (nSPS) is 23.3. The molecule has 0 heterocycles. The fourth-order valence-corrected chi connectivity index (χ4v) is 8.79. The predicted molar refractivity (Wildman–Crippen MR) is 193 cm³/mol. The summed E-state index contributed by atoms with van der Waals surface area (Å²) in [7, 11) is -2.42. The smallest absolute Gasteiger partial charge is 0.337 e. The number of unbranched alkanes of at least 4 members (excludes halogenated alkanes) is 2. The van der Waals surface area contributed by atoms with Crippen LogP contribution in [0.5, 0.6) is 0 Å². The second kappa shape index (κ2) is 15.6. The number of carbonyl (C=O) groups excluding carboxylic acids is 1. The summed E-state index contributed by atoms with van der Waals surface area (Å²) in [5, 5.41) is 0.362. The molecule has 2 aliphatic rings. The third-order valence-corrected chi connectivity index (χ3v) is 20.0. The number of rotatable bonds is 15. The highest BCUT2D eigenvalue weighted by molar-refractivity contribution is 6.74. The Bertz CT molecular complexity index is 1160. The van der Waals surface area contributed by atoms with Gasteiger partial charge in [0.1, 0.15) is 0 Å². The van der Waals surface area contributed by atoms with Gasteiger partial charge in [-0.3, -0.25) is 0 Å². The van der Waals surface area contributed by atoms with Crippen LogP contribution in [0.1, 0.15) is 103 Å². The minimum Gasteiger partial charge on any atom is -0.465 e. The molecule has 5 nitrogen and oxygen atoms in total. The van der Waals surface area contributed by atoms with E-state index < -0.39 is 16.6 Å². The summed E-state index contributed by atoms with van der Waals surface area (Å²) in [5.74, 6) is 1.12. The quantitative estimate of drug-likeness (QED) is 0.0814. The third-order valence-electron chi connectivity index (χ3n) is 11.0. The van der Waals surface area contributed by atoms with E-state index in [2.05, 4.69) is 92.9 Å². The highest BCUT2D eigenvalue weighted by Crippen LogP contribution is 2.51. The van der Waals surface area contributed by atoms with Gasteiger partial charge in [0, 0.05) is 5.92 Å². The van der Waals surface area contributed by atoms with Crippen molar-refractivity contribution in [2.45, 2.75) is 142 Å². The maximum absolute atomic E-state index is 11.7. The zero-order valence-electron chi connectivity index (χ0n) is 30.6. The van der Waals surface area contributed by atoms with Crippen LogP contribution in [0.3, 0.4) is 0 Å². The molecule has 2 aliphatic carbocycles. The fourth-order valence-electron chi connectivity index (χ4n) is 6.12. The monoisotopic (exact) mass is 656 g/mol. The number of allylic oxidation sites excluding steroid dienone is 1. The Morgan fingerprint density at radius 3 is 2.18 bits per heavy atom.